The smallest absolute Gasteiger partial charge is 0.271 e. The lowest BCUT2D eigenvalue weighted by Crippen LogP contribution is -2.24. The van der Waals surface area contributed by atoms with Gasteiger partial charge in [0.15, 0.2) is 0 Å². The summed E-state index contributed by atoms with van der Waals surface area (Å²) < 4.78 is 1.91. The van der Waals surface area contributed by atoms with Gasteiger partial charge in [-0.2, -0.15) is 0 Å². The van der Waals surface area contributed by atoms with Gasteiger partial charge in [-0.05, 0) is 12.1 Å². The van der Waals surface area contributed by atoms with E-state index < -0.39 is 0 Å². The number of amides is 1. The standard InChI is InChI=1S/C13H11N5O/c19-13(11-8-14-4-5-15-11)16-7-10-9-18-6-2-1-3-12(18)17-10/h1-6,8-9H,7H2,(H,16,19). The molecule has 3 aromatic heterocycles. The van der Waals surface area contributed by atoms with Crippen LogP contribution in [0.4, 0.5) is 0 Å². The lowest BCUT2D eigenvalue weighted by atomic mass is 10.4. The Bertz CT molecular complexity index is 674. The van der Waals surface area contributed by atoms with Crippen molar-refractivity contribution in [2.75, 3.05) is 0 Å². The van der Waals surface area contributed by atoms with Crippen LogP contribution in [0.1, 0.15) is 16.2 Å². The predicted octanol–water partition coefficient (Wildman–Crippen LogP) is 1.05. The molecule has 6 nitrogen and oxygen atoms in total. The van der Waals surface area contributed by atoms with Crippen molar-refractivity contribution in [1.29, 1.82) is 0 Å². The van der Waals surface area contributed by atoms with Gasteiger partial charge in [0.05, 0.1) is 18.4 Å². The van der Waals surface area contributed by atoms with E-state index in [-0.39, 0.29) is 5.91 Å². The van der Waals surface area contributed by atoms with Crippen LogP contribution in [-0.4, -0.2) is 25.3 Å². The van der Waals surface area contributed by atoms with Crippen molar-refractivity contribution in [3.05, 3.63) is 60.6 Å². The molecule has 0 atom stereocenters. The number of pyridine rings is 1. The summed E-state index contributed by atoms with van der Waals surface area (Å²) in [6.45, 7) is 0.358. The molecule has 1 N–H and O–H groups in total. The summed E-state index contributed by atoms with van der Waals surface area (Å²) in [4.78, 5) is 24.0. The fourth-order valence-electron chi connectivity index (χ4n) is 1.75. The molecule has 0 spiro atoms. The molecule has 0 unspecified atom stereocenters. The highest BCUT2D eigenvalue weighted by Crippen LogP contribution is 2.04. The third kappa shape index (κ3) is 2.42. The minimum atomic E-state index is -0.259. The highest BCUT2D eigenvalue weighted by molar-refractivity contribution is 5.91. The molecular weight excluding hydrogens is 242 g/mol. The summed E-state index contributed by atoms with van der Waals surface area (Å²) in [7, 11) is 0. The number of hydrogen-bond donors (Lipinski definition) is 1. The molecule has 0 saturated carbocycles. The molecule has 3 heterocycles. The third-order valence-electron chi connectivity index (χ3n) is 2.64. The Morgan fingerprint density at radius 2 is 2.26 bits per heavy atom. The Morgan fingerprint density at radius 1 is 1.32 bits per heavy atom. The maximum Gasteiger partial charge on any atom is 0.271 e. The van der Waals surface area contributed by atoms with Crippen molar-refractivity contribution in [1.82, 2.24) is 24.7 Å². The molecule has 0 aliphatic rings. The first kappa shape index (κ1) is 11.3. The first-order valence-corrected chi connectivity index (χ1v) is 5.80. The summed E-state index contributed by atoms with van der Waals surface area (Å²) >= 11 is 0. The molecule has 6 heteroatoms. The second-order valence-corrected chi connectivity index (χ2v) is 3.97. The van der Waals surface area contributed by atoms with Crippen molar-refractivity contribution in [3.63, 3.8) is 0 Å². The maximum atomic E-state index is 11.8. The van der Waals surface area contributed by atoms with Crippen molar-refractivity contribution < 1.29 is 4.79 Å². The van der Waals surface area contributed by atoms with Crippen LogP contribution in [0.5, 0.6) is 0 Å². The van der Waals surface area contributed by atoms with Crippen molar-refractivity contribution in [2.45, 2.75) is 6.54 Å². The largest absolute Gasteiger partial charge is 0.345 e. The van der Waals surface area contributed by atoms with Gasteiger partial charge in [0.25, 0.3) is 5.91 Å². The van der Waals surface area contributed by atoms with Gasteiger partial charge in [-0.15, -0.1) is 0 Å². The molecule has 0 radical (unpaired) electrons. The summed E-state index contributed by atoms with van der Waals surface area (Å²) in [5, 5.41) is 2.76. The van der Waals surface area contributed by atoms with Crippen LogP contribution in [0.25, 0.3) is 5.65 Å². The highest BCUT2D eigenvalue weighted by Gasteiger charge is 2.07. The van der Waals surface area contributed by atoms with E-state index in [9.17, 15) is 4.79 Å². The van der Waals surface area contributed by atoms with Crippen LogP contribution in [0.2, 0.25) is 0 Å². The number of fused-ring (bicyclic) bond motifs is 1. The Kier molecular flexibility index (Phi) is 2.89. The Morgan fingerprint density at radius 3 is 3.05 bits per heavy atom. The van der Waals surface area contributed by atoms with Gasteiger partial charge in [0, 0.05) is 24.8 Å². The number of imidazole rings is 1. The van der Waals surface area contributed by atoms with Crippen molar-refractivity contribution in [2.24, 2.45) is 0 Å². The summed E-state index contributed by atoms with van der Waals surface area (Å²) in [5.74, 6) is -0.259. The number of nitrogens with one attached hydrogen (secondary N) is 1. The number of carbonyl (C=O) groups is 1. The number of hydrogen-bond acceptors (Lipinski definition) is 4. The molecule has 0 fully saturated rings. The predicted molar refractivity (Wildman–Crippen MR) is 68.4 cm³/mol. The first-order valence-electron chi connectivity index (χ1n) is 5.80. The lowest BCUT2D eigenvalue weighted by molar-refractivity contribution is 0.0945. The quantitative estimate of drug-likeness (QED) is 0.757. The summed E-state index contributed by atoms with van der Waals surface area (Å²) in [6, 6.07) is 5.76. The topological polar surface area (TPSA) is 72.2 Å². The van der Waals surface area contributed by atoms with Gasteiger partial charge >= 0.3 is 0 Å². The minimum Gasteiger partial charge on any atom is -0.345 e. The number of nitrogens with zero attached hydrogens (tertiary/aromatic N) is 4. The maximum absolute atomic E-state index is 11.8. The lowest BCUT2D eigenvalue weighted by Gasteiger charge is -2.01. The number of carbonyl (C=O) groups excluding carboxylic acids is 1. The van der Waals surface area contributed by atoms with E-state index in [2.05, 4.69) is 20.3 Å². The van der Waals surface area contributed by atoms with Crippen LogP contribution in [-0.2, 0) is 6.54 Å². The third-order valence-corrected chi connectivity index (χ3v) is 2.64. The molecule has 0 saturated heterocycles. The molecule has 19 heavy (non-hydrogen) atoms. The van der Waals surface area contributed by atoms with E-state index in [1.807, 2.05) is 35.0 Å². The average molecular weight is 253 g/mol. The van der Waals surface area contributed by atoms with Crippen LogP contribution in [0, 0.1) is 0 Å². The van der Waals surface area contributed by atoms with Crippen LogP contribution >= 0.6 is 0 Å². The van der Waals surface area contributed by atoms with Gasteiger partial charge in [-0.3, -0.25) is 9.78 Å². The molecule has 0 aliphatic heterocycles. The van der Waals surface area contributed by atoms with E-state index in [4.69, 9.17) is 0 Å². The zero-order valence-electron chi connectivity index (χ0n) is 10.0. The van der Waals surface area contributed by atoms with E-state index in [0.29, 0.717) is 12.2 Å². The van der Waals surface area contributed by atoms with Gasteiger partial charge < -0.3 is 9.72 Å². The zero-order chi connectivity index (χ0) is 13.1. The van der Waals surface area contributed by atoms with Crippen molar-refractivity contribution >= 4 is 11.6 Å². The molecule has 3 rings (SSSR count). The molecule has 94 valence electrons. The van der Waals surface area contributed by atoms with E-state index in [1.54, 1.807) is 0 Å². The number of rotatable bonds is 3. The normalized spacial score (nSPS) is 10.5. The van der Waals surface area contributed by atoms with Crippen LogP contribution in [0.15, 0.2) is 49.2 Å². The monoisotopic (exact) mass is 253 g/mol. The van der Waals surface area contributed by atoms with Crippen LogP contribution < -0.4 is 5.32 Å². The molecule has 0 bridgehead atoms. The second kappa shape index (κ2) is 4.85. The molecule has 0 aromatic carbocycles. The van der Waals surface area contributed by atoms with E-state index in [1.165, 1.54) is 18.6 Å². The minimum absolute atomic E-state index is 0.259. The van der Waals surface area contributed by atoms with Gasteiger partial charge in [0.2, 0.25) is 0 Å². The summed E-state index contributed by atoms with van der Waals surface area (Å²) in [5.41, 5.74) is 1.95. The molecule has 3 aromatic rings. The Hall–Kier alpha value is -2.76. The molecule has 1 amide bonds. The second-order valence-electron chi connectivity index (χ2n) is 3.97. The average Bonchev–Trinajstić information content (AvgIpc) is 2.88. The number of aromatic nitrogens is 4. The van der Waals surface area contributed by atoms with E-state index >= 15 is 0 Å². The fraction of sp³-hybridized carbons (Fsp3) is 0.0769. The van der Waals surface area contributed by atoms with Crippen molar-refractivity contribution in [3.8, 4) is 0 Å². The van der Waals surface area contributed by atoms with E-state index in [0.717, 1.165) is 11.3 Å². The summed E-state index contributed by atoms with van der Waals surface area (Å²) in [6.07, 6.45) is 8.24. The first-order chi connectivity index (χ1) is 9.33. The highest BCUT2D eigenvalue weighted by atomic mass is 16.1. The Balaban J connectivity index is 1.71. The molecular formula is C13H11N5O. The SMILES string of the molecule is O=C(NCc1cn2ccccc2n1)c1cnccn1. The van der Waals surface area contributed by atoms with Gasteiger partial charge in [0.1, 0.15) is 11.3 Å². The fourth-order valence-corrected chi connectivity index (χ4v) is 1.75. The Labute approximate surface area is 109 Å². The molecule has 0 aliphatic carbocycles. The zero-order valence-corrected chi connectivity index (χ0v) is 10.0. The van der Waals surface area contributed by atoms with Crippen LogP contribution in [0.3, 0.4) is 0 Å². The van der Waals surface area contributed by atoms with Gasteiger partial charge in [-0.1, -0.05) is 6.07 Å². The van der Waals surface area contributed by atoms with Gasteiger partial charge in [-0.25, -0.2) is 9.97 Å².